The Morgan fingerprint density at radius 3 is 2.44 bits per heavy atom. The predicted octanol–water partition coefficient (Wildman–Crippen LogP) is 0.572. The van der Waals surface area contributed by atoms with E-state index in [4.69, 9.17) is 5.73 Å². The fourth-order valence-electron chi connectivity index (χ4n) is 2.16. The SMILES string of the molecule is CC(=O)NCC1CCN(C(C)(C)CN)CC1. The highest BCUT2D eigenvalue weighted by molar-refractivity contribution is 5.72. The zero-order valence-corrected chi connectivity index (χ0v) is 10.8. The highest BCUT2D eigenvalue weighted by Gasteiger charge is 2.29. The molecular weight excluding hydrogens is 202 g/mol. The first-order valence-electron chi connectivity index (χ1n) is 6.15. The second-order valence-corrected chi connectivity index (χ2v) is 5.38. The zero-order valence-electron chi connectivity index (χ0n) is 10.8. The minimum atomic E-state index is 0.0738. The highest BCUT2D eigenvalue weighted by Crippen LogP contribution is 2.22. The van der Waals surface area contributed by atoms with Crippen molar-refractivity contribution in [2.75, 3.05) is 26.2 Å². The van der Waals surface area contributed by atoms with Crippen LogP contribution in [0.5, 0.6) is 0 Å². The first-order valence-corrected chi connectivity index (χ1v) is 6.15. The number of carbonyl (C=O) groups excluding carboxylic acids is 1. The first kappa shape index (κ1) is 13.5. The van der Waals surface area contributed by atoms with Crippen LogP contribution in [0, 0.1) is 5.92 Å². The molecule has 94 valence electrons. The van der Waals surface area contributed by atoms with Crippen LogP contribution >= 0.6 is 0 Å². The molecule has 0 bridgehead atoms. The number of rotatable bonds is 4. The van der Waals surface area contributed by atoms with E-state index < -0.39 is 0 Å². The van der Waals surface area contributed by atoms with Crippen molar-refractivity contribution in [2.45, 2.75) is 39.2 Å². The summed E-state index contributed by atoms with van der Waals surface area (Å²) >= 11 is 0. The third kappa shape index (κ3) is 3.76. The first-order chi connectivity index (χ1) is 7.45. The summed E-state index contributed by atoms with van der Waals surface area (Å²) in [5.74, 6) is 0.707. The summed E-state index contributed by atoms with van der Waals surface area (Å²) < 4.78 is 0. The molecule has 0 aliphatic carbocycles. The van der Waals surface area contributed by atoms with Gasteiger partial charge in [-0.1, -0.05) is 0 Å². The van der Waals surface area contributed by atoms with Gasteiger partial charge in [0.15, 0.2) is 0 Å². The Balaban J connectivity index is 2.31. The lowest BCUT2D eigenvalue weighted by Crippen LogP contribution is -2.53. The monoisotopic (exact) mass is 227 g/mol. The molecule has 0 spiro atoms. The van der Waals surface area contributed by atoms with Gasteiger partial charge in [-0.25, -0.2) is 0 Å². The summed E-state index contributed by atoms with van der Waals surface area (Å²) in [7, 11) is 0. The molecule has 0 unspecified atom stereocenters. The average molecular weight is 227 g/mol. The smallest absolute Gasteiger partial charge is 0.216 e. The molecule has 0 radical (unpaired) electrons. The van der Waals surface area contributed by atoms with E-state index in [1.54, 1.807) is 6.92 Å². The van der Waals surface area contributed by atoms with Crippen LogP contribution in [0.2, 0.25) is 0 Å². The Morgan fingerprint density at radius 2 is 2.00 bits per heavy atom. The third-order valence-corrected chi connectivity index (χ3v) is 3.61. The number of piperidine rings is 1. The number of nitrogens with one attached hydrogen (secondary N) is 1. The van der Waals surface area contributed by atoms with Crippen LogP contribution < -0.4 is 11.1 Å². The van der Waals surface area contributed by atoms with E-state index in [9.17, 15) is 4.79 Å². The molecule has 1 saturated heterocycles. The summed E-state index contributed by atoms with van der Waals surface area (Å²) in [6, 6.07) is 0. The van der Waals surface area contributed by atoms with Crippen molar-refractivity contribution in [2.24, 2.45) is 11.7 Å². The van der Waals surface area contributed by atoms with E-state index in [1.807, 2.05) is 0 Å². The van der Waals surface area contributed by atoms with Crippen LogP contribution in [0.3, 0.4) is 0 Å². The van der Waals surface area contributed by atoms with Crippen LogP contribution in [-0.2, 0) is 4.79 Å². The van der Waals surface area contributed by atoms with Crippen molar-refractivity contribution < 1.29 is 4.79 Å². The molecular formula is C12H25N3O. The third-order valence-electron chi connectivity index (χ3n) is 3.61. The van der Waals surface area contributed by atoms with Crippen LogP contribution in [0.1, 0.15) is 33.6 Å². The largest absolute Gasteiger partial charge is 0.356 e. The number of hydrogen-bond donors (Lipinski definition) is 2. The molecule has 1 amide bonds. The summed E-state index contributed by atoms with van der Waals surface area (Å²) in [5.41, 5.74) is 5.88. The van der Waals surface area contributed by atoms with Crippen molar-refractivity contribution in [3.63, 3.8) is 0 Å². The molecule has 0 atom stereocenters. The van der Waals surface area contributed by atoms with Gasteiger partial charge in [0.05, 0.1) is 0 Å². The molecule has 1 fully saturated rings. The lowest BCUT2D eigenvalue weighted by Gasteiger charge is -2.42. The van der Waals surface area contributed by atoms with Crippen LogP contribution in [0.15, 0.2) is 0 Å². The molecule has 16 heavy (non-hydrogen) atoms. The van der Waals surface area contributed by atoms with Gasteiger partial charge in [-0.15, -0.1) is 0 Å². The minimum absolute atomic E-state index is 0.0738. The van der Waals surface area contributed by atoms with E-state index in [0.29, 0.717) is 12.5 Å². The topological polar surface area (TPSA) is 58.4 Å². The maximum absolute atomic E-state index is 10.8. The standard InChI is InChI=1S/C12H25N3O/c1-10(16)14-8-11-4-6-15(7-5-11)12(2,3)9-13/h11H,4-9,13H2,1-3H3,(H,14,16). The number of nitrogens with two attached hydrogens (primary N) is 1. The second-order valence-electron chi connectivity index (χ2n) is 5.38. The molecule has 0 aromatic heterocycles. The summed E-state index contributed by atoms with van der Waals surface area (Å²) in [6.45, 7) is 9.67. The lowest BCUT2D eigenvalue weighted by atomic mass is 9.92. The summed E-state index contributed by atoms with van der Waals surface area (Å²) in [5, 5.41) is 2.90. The van der Waals surface area contributed by atoms with E-state index in [2.05, 4.69) is 24.1 Å². The van der Waals surface area contributed by atoms with E-state index in [-0.39, 0.29) is 11.4 Å². The number of likely N-dealkylation sites (tertiary alicyclic amines) is 1. The van der Waals surface area contributed by atoms with Crippen molar-refractivity contribution >= 4 is 5.91 Å². The number of hydrogen-bond acceptors (Lipinski definition) is 3. The van der Waals surface area contributed by atoms with Gasteiger partial charge in [-0.2, -0.15) is 0 Å². The number of nitrogens with zero attached hydrogens (tertiary/aromatic N) is 1. The predicted molar refractivity (Wildman–Crippen MR) is 66.1 cm³/mol. The molecule has 1 rings (SSSR count). The van der Waals surface area contributed by atoms with Crippen molar-refractivity contribution in [3.8, 4) is 0 Å². The van der Waals surface area contributed by atoms with Crippen LogP contribution in [0.4, 0.5) is 0 Å². The normalized spacial score (nSPS) is 19.8. The van der Waals surface area contributed by atoms with Gasteiger partial charge in [-0.3, -0.25) is 9.69 Å². The Morgan fingerprint density at radius 1 is 1.44 bits per heavy atom. The van der Waals surface area contributed by atoms with Crippen LogP contribution in [0.25, 0.3) is 0 Å². The van der Waals surface area contributed by atoms with Gasteiger partial charge in [0.2, 0.25) is 5.91 Å². The fourth-order valence-corrected chi connectivity index (χ4v) is 2.16. The van der Waals surface area contributed by atoms with Crippen LogP contribution in [-0.4, -0.2) is 42.5 Å². The van der Waals surface area contributed by atoms with E-state index in [1.165, 1.54) is 0 Å². The fraction of sp³-hybridized carbons (Fsp3) is 0.917. The molecule has 4 nitrogen and oxygen atoms in total. The molecule has 4 heteroatoms. The Labute approximate surface area is 98.6 Å². The highest BCUT2D eigenvalue weighted by atomic mass is 16.1. The average Bonchev–Trinajstić information content (AvgIpc) is 2.27. The molecule has 1 heterocycles. The van der Waals surface area contributed by atoms with Gasteiger partial charge in [0, 0.05) is 25.6 Å². The zero-order chi connectivity index (χ0) is 12.2. The van der Waals surface area contributed by atoms with Crippen molar-refractivity contribution in [1.82, 2.24) is 10.2 Å². The minimum Gasteiger partial charge on any atom is -0.356 e. The maximum atomic E-state index is 10.8. The Kier molecular flexibility index (Phi) is 4.74. The molecule has 0 aromatic rings. The van der Waals surface area contributed by atoms with Gasteiger partial charge >= 0.3 is 0 Å². The number of carbonyl (C=O) groups is 1. The Hall–Kier alpha value is -0.610. The number of amides is 1. The molecule has 0 saturated carbocycles. The lowest BCUT2D eigenvalue weighted by molar-refractivity contribution is -0.119. The molecule has 1 aliphatic rings. The molecule has 0 aromatic carbocycles. The van der Waals surface area contributed by atoms with Crippen molar-refractivity contribution in [3.05, 3.63) is 0 Å². The Bertz CT molecular complexity index is 232. The quantitative estimate of drug-likeness (QED) is 0.738. The molecule has 1 aliphatic heterocycles. The van der Waals surface area contributed by atoms with E-state index in [0.717, 1.165) is 32.5 Å². The van der Waals surface area contributed by atoms with E-state index >= 15 is 0 Å². The van der Waals surface area contributed by atoms with Gasteiger partial charge < -0.3 is 11.1 Å². The summed E-state index contributed by atoms with van der Waals surface area (Å²) in [6.07, 6.45) is 2.31. The molecule has 3 N–H and O–H groups in total. The van der Waals surface area contributed by atoms with Gasteiger partial charge in [0.25, 0.3) is 0 Å². The summed E-state index contributed by atoms with van der Waals surface area (Å²) in [4.78, 5) is 13.3. The van der Waals surface area contributed by atoms with Gasteiger partial charge in [0.1, 0.15) is 0 Å². The maximum Gasteiger partial charge on any atom is 0.216 e. The second kappa shape index (κ2) is 5.64. The van der Waals surface area contributed by atoms with Gasteiger partial charge in [-0.05, 0) is 45.7 Å². The van der Waals surface area contributed by atoms with Crippen molar-refractivity contribution in [1.29, 1.82) is 0 Å².